The molecule has 162 valence electrons. The van der Waals surface area contributed by atoms with Crippen molar-refractivity contribution in [1.82, 2.24) is 9.80 Å². The third-order valence-electron chi connectivity index (χ3n) is 5.39. The lowest BCUT2D eigenvalue weighted by Crippen LogP contribution is -2.48. The third-order valence-corrected chi connectivity index (χ3v) is 6.72. The number of benzene rings is 2. The van der Waals surface area contributed by atoms with E-state index in [-0.39, 0.29) is 11.7 Å². The Hall–Kier alpha value is -2.41. The molecule has 7 heteroatoms. The Bertz CT molecular complexity index is 1030. The summed E-state index contributed by atoms with van der Waals surface area (Å²) in [6.07, 6.45) is 0. The van der Waals surface area contributed by atoms with E-state index in [4.69, 9.17) is 16.3 Å². The zero-order valence-electron chi connectivity index (χ0n) is 17.3. The summed E-state index contributed by atoms with van der Waals surface area (Å²) in [6, 6.07) is 14.6. The Morgan fingerprint density at radius 2 is 1.87 bits per heavy atom. The molecule has 0 atom stereocenters. The van der Waals surface area contributed by atoms with Gasteiger partial charge in [0.1, 0.15) is 18.2 Å². The number of carbonyl (C=O) groups is 1. The fourth-order valence-electron chi connectivity index (χ4n) is 3.54. The summed E-state index contributed by atoms with van der Waals surface area (Å²) in [6.45, 7) is 5.51. The topological polar surface area (TPSA) is 32.8 Å². The molecular formula is C24H24ClFN2O2S. The van der Waals surface area contributed by atoms with Crippen LogP contribution in [0.5, 0.6) is 5.75 Å². The highest BCUT2D eigenvalue weighted by atomic mass is 35.5. The van der Waals surface area contributed by atoms with Gasteiger partial charge in [-0.3, -0.25) is 9.69 Å². The Labute approximate surface area is 190 Å². The average Bonchev–Trinajstić information content (AvgIpc) is 3.25. The van der Waals surface area contributed by atoms with Gasteiger partial charge in [-0.05, 0) is 42.6 Å². The summed E-state index contributed by atoms with van der Waals surface area (Å²) in [7, 11) is 0. The fourth-order valence-corrected chi connectivity index (χ4v) is 4.62. The van der Waals surface area contributed by atoms with E-state index in [0.717, 1.165) is 11.3 Å². The van der Waals surface area contributed by atoms with Gasteiger partial charge in [-0.25, -0.2) is 4.39 Å². The molecule has 2 aromatic carbocycles. The number of aryl methyl sites for hydroxylation is 1. The van der Waals surface area contributed by atoms with Gasteiger partial charge < -0.3 is 9.64 Å². The van der Waals surface area contributed by atoms with Crippen molar-refractivity contribution < 1.29 is 13.9 Å². The molecule has 1 aliphatic heterocycles. The van der Waals surface area contributed by atoms with Crippen molar-refractivity contribution in [3.8, 4) is 5.75 Å². The van der Waals surface area contributed by atoms with Crippen molar-refractivity contribution in [2.75, 3.05) is 26.2 Å². The van der Waals surface area contributed by atoms with Crippen molar-refractivity contribution in [2.45, 2.75) is 20.1 Å². The number of ether oxygens (including phenoxy) is 1. The van der Waals surface area contributed by atoms with Crippen LogP contribution in [0.3, 0.4) is 0 Å². The SMILES string of the molecule is Cc1ccc(OCc2csc(C(=O)N3CCN(Cc4c(F)cccc4Cl)CC3)c2)cc1. The van der Waals surface area contributed by atoms with E-state index in [1.54, 1.807) is 12.1 Å². The lowest BCUT2D eigenvalue weighted by Gasteiger charge is -2.34. The van der Waals surface area contributed by atoms with Crippen LogP contribution in [0.4, 0.5) is 4.39 Å². The van der Waals surface area contributed by atoms with Gasteiger partial charge in [0, 0.05) is 48.9 Å². The first-order chi connectivity index (χ1) is 15.0. The van der Waals surface area contributed by atoms with E-state index in [0.29, 0.717) is 54.8 Å². The number of carbonyl (C=O) groups excluding carboxylic acids is 1. The molecule has 1 saturated heterocycles. The minimum absolute atomic E-state index is 0.0372. The molecule has 2 heterocycles. The smallest absolute Gasteiger partial charge is 0.264 e. The quantitative estimate of drug-likeness (QED) is 0.496. The maximum Gasteiger partial charge on any atom is 0.264 e. The molecule has 0 bridgehead atoms. The van der Waals surface area contributed by atoms with Crippen molar-refractivity contribution >= 4 is 28.8 Å². The number of halogens is 2. The first kappa shape index (κ1) is 21.8. The van der Waals surface area contributed by atoms with Gasteiger partial charge in [0.25, 0.3) is 5.91 Å². The molecule has 0 N–H and O–H groups in total. The second-order valence-corrected chi connectivity index (χ2v) is 9.01. The molecule has 0 unspecified atom stereocenters. The summed E-state index contributed by atoms with van der Waals surface area (Å²) in [5, 5.41) is 2.41. The summed E-state index contributed by atoms with van der Waals surface area (Å²) in [5.41, 5.74) is 2.69. The number of thiophene rings is 1. The highest BCUT2D eigenvalue weighted by Crippen LogP contribution is 2.23. The van der Waals surface area contributed by atoms with Crippen molar-refractivity contribution in [3.63, 3.8) is 0 Å². The third kappa shape index (κ3) is 5.45. The van der Waals surface area contributed by atoms with E-state index in [2.05, 4.69) is 4.90 Å². The Morgan fingerprint density at radius 3 is 2.58 bits per heavy atom. The summed E-state index contributed by atoms with van der Waals surface area (Å²) >= 11 is 7.59. The predicted octanol–water partition coefficient (Wildman–Crippen LogP) is 5.39. The van der Waals surface area contributed by atoms with Gasteiger partial charge in [-0.2, -0.15) is 0 Å². The molecule has 4 nitrogen and oxygen atoms in total. The monoisotopic (exact) mass is 458 g/mol. The first-order valence-electron chi connectivity index (χ1n) is 10.2. The number of piperazine rings is 1. The summed E-state index contributed by atoms with van der Waals surface area (Å²) < 4.78 is 19.8. The zero-order chi connectivity index (χ0) is 21.8. The molecular weight excluding hydrogens is 435 g/mol. The van der Waals surface area contributed by atoms with Crippen molar-refractivity contribution in [1.29, 1.82) is 0 Å². The van der Waals surface area contributed by atoms with Crippen LogP contribution in [-0.4, -0.2) is 41.9 Å². The maximum absolute atomic E-state index is 14.0. The molecule has 0 aliphatic carbocycles. The number of hydrogen-bond acceptors (Lipinski definition) is 4. The number of hydrogen-bond donors (Lipinski definition) is 0. The maximum atomic E-state index is 14.0. The highest BCUT2D eigenvalue weighted by molar-refractivity contribution is 7.12. The molecule has 1 fully saturated rings. The molecule has 1 aliphatic rings. The van der Waals surface area contributed by atoms with E-state index in [1.165, 1.54) is 23.0 Å². The number of nitrogens with zero attached hydrogens (tertiary/aromatic N) is 2. The standard InChI is InChI=1S/C24H24ClFN2O2S/c1-17-5-7-19(8-6-17)30-15-18-13-23(31-16-18)24(29)28-11-9-27(10-12-28)14-20-21(25)3-2-4-22(20)26/h2-8,13,16H,9-12,14-15H2,1H3. The Kier molecular flexibility index (Phi) is 6.90. The van der Waals surface area contributed by atoms with Gasteiger partial charge in [-0.1, -0.05) is 35.4 Å². The fraction of sp³-hybridized carbons (Fsp3) is 0.292. The summed E-state index contributed by atoms with van der Waals surface area (Å²) in [5.74, 6) is 0.566. The molecule has 1 amide bonds. The molecule has 0 radical (unpaired) electrons. The van der Waals surface area contributed by atoms with Crippen LogP contribution < -0.4 is 4.74 Å². The minimum atomic E-state index is -0.287. The first-order valence-corrected chi connectivity index (χ1v) is 11.5. The normalized spacial score (nSPS) is 14.6. The van der Waals surface area contributed by atoms with Crippen LogP contribution in [0, 0.1) is 12.7 Å². The van der Waals surface area contributed by atoms with Crippen molar-refractivity contribution in [3.05, 3.63) is 86.3 Å². The Balaban J connectivity index is 1.29. The molecule has 3 aromatic rings. The lowest BCUT2D eigenvalue weighted by molar-refractivity contribution is 0.0631. The lowest BCUT2D eigenvalue weighted by atomic mass is 10.1. The number of amides is 1. The Morgan fingerprint density at radius 1 is 1.13 bits per heavy atom. The molecule has 31 heavy (non-hydrogen) atoms. The van der Waals surface area contributed by atoms with Gasteiger partial charge in [0.2, 0.25) is 0 Å². The largest absolute Gasteiger partial charge is 0.489 e. The van der Waals surface area contributed by atoms with Gasteiger partial charge in [-0.15, -0.1) is 11.3 Å². The van der Waals surface area contributed by atoms with Crippen molar-refractivity contribution in [2.24, 2.45) is 0 Å². The van der Waals surface area contributed by atoms with Gasteiger partial charge in [0.05, 0.1) is 4.88 Å². The van der Waals surface area contributed by atoms with Crippen LogP contribution in [0.25, 0.3) is 0 Å². The molecule has 0 saturated carbocycles. The molecule has 4 rings (SSSR count). The van der Waals surface area contributed by atoms with Crippen LogP contribution in [-0.2, 0) is 13.2 Å². The predicted molar refractivity (Wildman–Crippen MR) is 122 cm³/mol. The average molecular weight is 459 g/mol. The minimum Gasteiger partial charge on any atom is -0.489 e. The van der Waals surface area contributed by atoms with E-state index in [9.17, 15) is 9.18 Å². The molecule has 0 spiro atoms. The molecule has 1 aromatic heterocycles. The van der Waals surface area contributed by atoms with E-state index >= 15 is 0 Å². The van der Waals surface area contributed by atoms with Crippen LogP contribution in [0.2, 0.25) is 5.02 Å². The second kappa shape index (κ2) is 9.81. The van der Waals surface area contributed by atoms with Crippen LogP contribution in [0.1, 0.15) is 26.4 Å². The van der Waals surface area contributed by atoms with Gasteiger partial charge in [0.15, 0.2) is 0 Å². The second-order valence-electron chi connectivity index (χ2n) is 7.69. The van der Waals surface area contributed by atoms with E-state index in [1.807, 2.05) is 47.5 Å². The van der Waals surface area contributed by atoms with Crippen LogP contribution in [0.15, 0.2) is 53.9 Å². The zero-order valence-corrected chi connectivity index (χ0v) is 18.9. The highest BCUT2D eigenvalue weighted by Gasteiger charge is 2.24. The van der Waals surface area contributed by atoms with Gasteiger partial charge >= 0.3 is 0 Å². The van der Waals surface area contributed by atoms with E-state index < -0.39 is 0 Å². The van der Waals surface area contributed by atoms with Crippen LogP contribution >= 0.6 is 22.9 Å². The summed E-state index contributed by atoms with van der Waals surface area (Å²) in [4.78, 5) is 17.6. The number of rotatable bonds is 6.